The second-order valence-corrected chi connectivity index (χ2v) is 6.42. The van der Waals surface area contributed by atoms with E-state index >= 15 is 0 Å². The van der Waals surface area contributed by atoms with Gasteiger partial charge in [0.1, 0.15) is 23.3 Å². The van der Waals surface area contributed by atoms with E-state index in [0.717, 1.165) is 6.42 Å². The maximum Gasteiger partial charge on any atom is 0.135 e. The minimum Gasteiger partial charge on any atom is -0.486 e. The lowest BCUT2D eigenvalue weighted by Crippen LogP contribution is -2.36. The van der Waals surface area contributed by atoms with Crippen molar-refractivity contribution in [3.63, 3.8) is 0 Å². The van der Waals surface area contributed by atoms with Gasteiger partial charge in [-0.1, -0.05) is 11.8 Å². The third-order valence-corrected chi connectivity index (χ3v) is 3.53. The fourth-order valence-corrected chi connectivity index (χ4v) is 2.70. The molecule has 0 bridgehead atoms. The van der Waals surface area contributed by atoms with Crippen molar-refractivity contribution in [3.8, 4) is 17.6 Å². The van der Waals surface area contributed by atoms with Crippen molar-refractivity contribution in [1.82, 2.24) is 0 Å². The SMILES string of the molecule is CC1(C)CC(Oc2ccc(F)cc2C#CCN)C(C)(C)O1. The van der Waals surface area contributed by atoms with E-state index in [1.54, 1.807) is 6.07 Å². The summed E-state index contributed by atoms with van der Waals surface area (Å²) in [6, 6.07) is 4.35. The van der Waals surface area contributed by atoms with Crippen LogP contribution in [0.15, 0.2) is 18.2 Å². The molecule has 1 aliphatic heterocycles. The molecule has 0 saturated carbocycles. The molecule has 1 fully saturated rings. The molecule has 0 aliphatic carbocycles. The Balaban J connectivity index is 2.27. The van der Waals surface area contributed by atoms with Crippen LogP contribution in [0.4, 0.5) is 4.39 Å². The van der Waals surface area contributed by atoms with E-state index in [2.05, 4.69) is 11.8 Å². The smallest absolute Gasteiger partial charge is 0.135 e. The average molecular weight is 291 g/mol. The molecule has 2 rings (SSSR count). The van der Waals surface area contributed by atoms with Gasteiger partial charge in [-0.25, -0.2) is 4.39 Å². The molecule has 1 heterocycles. The first kappa shape index (κ1) is 15.8. The maximum absolute atomic E-state index is 13.4. The normalized spacial score (nSPS) is 22.5. The van der Waals surface area contributed by atoms with Gasteiger partial charge in [-0.2, -0.15) is 0 Å². The van der Waals surface area contributed by atoms with E-state index in [9.17, 15) is 4.39 Å². The van der Waals surface area contributed by atoms with Crippen molar-refractivity contribution in [2.24, 2.45) is 5.73 Å². The standard InChI is InChI=1S/C17H22FNO2/c1-16(2)11-15(17(3,4)21-16)20-14-8-7-13(18)10-12(14)6-5-9-19/h7-8,10,15H,9,11,19H2,1-4H3. The van der Waals surface area contributed by atoms with E-state index in [0.29, 0.717) is 11.3 Å². The van der Waals surface area contributed by atoms with Crippen LogP contribution in [0.5, 0.6) is 5.75 Å². The van der Waals surface area contributed by atoms with Crippen LogP contribution in [0.3, 0.4) is 0 Å². The number of rotatable bonds is 2. The van der Waals surface area contributed by atoms with Crippen LogP contribution in [-0.2, 0) is 4.74 Å². The summed E-state index contributed by atoms with van der Waals surface area (Å²) in [7, 11) is 0. The predicted molar refractivity (Wildman–Crippen MR) is 80.6 cm³/mol. The number of nitrogens with two attached hydrogens (primary N) is 1. The van der Waals surface area contributed by atoms with Gasteiger partial charge in [-0.05, 0) is 45.9 Å². The summed E-state index contributed by atoms with van der Waals surface area (Å²) in [5, 5.41) is 0. The minimum absolute atomic E-state index is 0.114. The van der Waals surface area contributed by atoms with Crippen LogP contribution >= 0.6 is 0 Å². The van der Waals surface area contributed by atoms with Gasteiger partial charge in [0.15, 0.2) is 0 Å². The third kappa shape index (κ3) is 3.75. The molecule has 0 amide bonds. The summed E-state index contributed by atoms with van der Waals surface area (Å²) in [4.78, 5) is 0. The molecule has 0 spiro atoms. The first-order chi connectivity index (χ1) is 9.73. The molecule has 3 nitrogen and oxygen atoms in total. The molecule has 1 aromatic rings. The van der Waals surface area contributed by atoms with E-state index in [4.69, 9.17) is 15.2 Å². The van der Waals surface area contributed by atoms with E-state index in [-0.39, 0.29) is 24.1 Å². The van der Waals surface area contributed by atoms with E-state index < -0.39 is 5.60 Å². The van der Waals surface area contributed by atoms with E-state index in [1.807, 2.05) is 27.7 Å². The molecule has 1 aromatic carbocycles. The van der Waals surface area contributed by atoms with E-state index in [1.165, 1.54) is 12.1 Å². The highest BCUT2D eigenvalue weighted by Crippen LogP contribution is 2.40. The fourth-order valence-electron chi connectivity index (χ4n) is 2.70. The van der Waals surface area contributed by atoms with Crippen LogP contribution in [0.1, 0.15) is 39.7 Å². The highest BCUT2D eigenvalue weighted by atomic mass is 19.1. The van der Waals surface area contributed by atoms with Crippen molar-refractivity contribution in [2.45, 2.75) is 51.4 Å². The summed E-state index contributed by atoms with van der Waals surface area (Å²) < 4.78 is 25.5. The summed E-state index contributed by atoms with van der Waals surface area (Å²) >= 11 is 0. The average Bonchev–Trinajstić information content (AvgIpc) is 2.57. The van der Waals surface area contributed by atoms with Crippen molar-refractivity contribution in [3.05, 3.63) is 29.6 Å². The van der Waals surface area contributed by atoms with Crippen LogP contribution in [-0.4, -0.2) is 23.9 Å². The van der Waals surface area contributed by atoms with Gasteiger partial charge in [-0.3, -0.25) is 0 Å². The van der Waals surface area contributed by atoms with Gasteiger partial charge in [0, 0.05) is 6.42 Å². The topological polar surface area (TPSA) is 44.5 Å². The van der Waals surface area contributed by atoms with Gasteiger partial charge < -0.3 is 15.2 Å². The van der Waals surface area contributed by atoms with Crippen LogP contribution in [0, 0.1) is 17.7 Å². The molecule has 4 heteroatoms. The molecule has 2 N–H and O–H groups in total. The Kier molecular flexibility index (Phi) is 4.27. The molecule has 0 radical (unpaired) electrons. The highest BCUT2D eigenvalue weighted by Gasteiger charge is 2.47. The highest BCUT2D eigenvalue weighted by molar-refractivity contribution is 5.46. The first-order valence-electron chi connectivity index (χ1n) is 7.09. The molecular formula is C17H22FNO2. The van der Waals surface area contributed by atoms with Gasteiger partial charge in [-0.15, -0.1) is 0 Å². The Labute approximate surface area is 125 Å². The summed E-state index contributed by atoms with van der Waals surface area (Å²) in [6.45, 7) is 8.30. The molecule has 1 saturated heterocycles. The summed E-state index contributed by atoms with van der Waals surface area (Å²) in [6.07, 6.45) is 0.651. The minimum atomic E-state index is -0.406. The second kappa shape index (κ2) is 5.67. The predicted octanol–water partition coefficient (Wildman–Crippen LogP) is 2.86. The molecule has 0 aromatic heterocycles. The van der Waals surface area contributed by atoms with Crippen LogP contribution in [0.25, 0.3) is 0 Å². The number of benzene rings is 1. The lowest BCUT2D eigenvalue weighted by Gasteiger charge is -2.27. The Morgan fingerprint density at radius 1 is 1.38 bits per heavy atom. The van der Waals surface area contributed by atoms with Crippen molar-refractivity contribution in [1.29, 1.82) is 0 Å². The number of halogens is 1. The lowest BCUT2D eigenvalue weighted by molar-refractivity contribution is -0.0846. The molecule has 21 heavy (non-hydrogen) atoms. The first-order valence-corrected chi connectivity index (χ1v) is 7.09. The van der Waals surface area contributed by atoms with Crippen molar-refractivity contribution in [2.75, 3.05) is 6.54 Å². The number of ether oxygens (including phenoxy) is 2. The van der Waals surface area contributed by atoms with Crippen molar-refractivity contribution < 1.29 is 13.9 Å². The second-order valence-electron chi connectivity index (χ2n) is 6.42. The third-order valence-electron chi connectivity index (χ3n) is 3.53. The van der Waals surface area contributed by atoms with Gasteiger partial charge in [0.25, 0.3) is 0 Å². The monoisotopic (exact) mass is 291 g/mol. The fraction of sp³-hybridized carbons (Fsp3) is 0.529. The summed E-state index contributed by atoms with van der Waals surface area (Å²) in [5.74, 6) is 5.81. The van der Waals surface area contributed by atoms with Crippen LogP contribution in [0.2, 0.25) is 0 Å². The van der Waals surface area contributed by atoms with Crippen molar-refractivity contribution >= 4 is 0 Å². The van der Waals surface area contributed by atoms with Gasteiger partial charge in [0.2, 0.25) is 0 Å². The molecule has 114 valence electrons. The van der Waals surface area contributed by atoms with Gasteiger partial charge in [0.05, 0.1) is 17.7 Å². The summed E-state index contributed by atoms with van der Waals surface area (Å²) in [5.41, 5.74) is 5.25. The Morgan fingerprint density at radius 3 is 2.67 bits per heavy atom. The molecular weight excluding hydrogens is 269 g/mol. The van der Waals surface area contributed by atoms with Crippen LogP contribution < -0.4 is 10.5 Å². The molecule has 1 atom stereocenters. The zero-order valence-corrected chi connectivity index (χ0v) is 13.0. The zero-order chi connectivity index (χ0) is 15.7. The number of hydrogen-bond acceptors (Lipinski definition) is 3. The Hall–Kier alpha value is -1.57. The Morgan fingerprint density at radius 2 is 2.10 bits per heavy atom. The number of hydrogen-bond donors (Lipinski definition) is 1. The molecule has 1 aliphatic rings. The quantitative estimate of drug-likeness (QED) is 0.852. The zero-order valence-electron chi connectivity index (χ0n) is 13.0. The van der Waals surface area contributed by atoms with Gasteiger partial charge >= 0.3 is 0 Å². The lowest BCUT2D eigenvalue weighted by atomic mass is 9.97. The largest absolute Gasteiger partial charge is 0.486 e. The Bertz CT molecular complexity index is 584. The maximum atomic E-state index is 13.4. The molecule has 1 unspecified atom stereocenters.